The fraction of sp³-hybridized carbons (Fsp3) is 0.357. The summed E-state index contributed by atoms with van der Waals surface area (Å²) in [6.45, 7) is 6.06. The van der Waals surface area contributed by atoms with Crippen LogP contribution in [-0.4, -0.2) is 18.1 Å². The predicted octanol–water partition coefficient (Wildman–Crippen LogP) is 3.08. The van der Waals surface area contributed by atoms with Gasteiger partial charge in [0.05, 0.1) is 11.4 Å². The van der Waals surface area contributed by atoms with E-state index < -0.39 is 0 Å². The van der Waals surface area contributed by atoms with Crippen LogP contribution >= 0.6 is 0 Å². The summed E-state index contributed by atoms with van der Waals surface area (Å²) >= 11 is 0. The Balaban J connectivity index is 2.22. The van der Waals surface area contributed by atoms with Crippen LogP contribution in [0.5, 0.6) is 0 Å². The topological polar surface area (TPSA) is 41.3 Å². The number of hydrogen-bond donors (Lipinski definition) is 1. The van der Waals surface area contributed by atoms with Crippen LogP contribution in [0.2, 0.25) is 0 Å². The van der Waals surface area contributed by atoms with Crippen molar-refractivity contribution in [3.8, 4) is 0 Å². The molecule has 0 fully saturated rings. The fourth-order valence-electron chi connectivity index (χ4n) is 1.83. The Hall–Kier alpha value is -1.88. The molecule has 0 saturated heterocycles. The number of rotatable bonds is 6. The van der Waals surface area contributed by atoms with E-state index in [9.17, 15) is 4.39 Å². The van der Waals surface area contributed by atoms with Gasteiger partial charge in [-0.05, 0) is 25.6 Å². The van der Waals surface area contributed by atoms with Crippen molar-refractivity contribution in [3.63, 3.8) is 0 Å². The number of halogens is 1. The lowest BCUT2D eigenvalue weighted by molar-refractivity contribution is 0.547. The van der Waals surface area contributed by atoms with E-state index in [0.717, 1.165) is 12.2 Å². The van der Waals surface area contributed by atoms with E-state index in [2.05, 4.69) is 10.3 Å². The second-order valence-electron chi connectivity index (χ2n) is 4.10. The molecule has 2 rings (SSSR count). The molecule has 0 amide bonds. The van der Waals surface area contributed by atoms with E-state index in [1.54, 1.807) is 29.4 Å². The monoisotopic (exact) mass is 263 g/mol. The Bertz CT molecular complexity index is 527. The first-order valence-electron chi connectivity index (χ1n) is 6.43. The highest BCUT2D eigenvalue weighted by atomic mass is 19.1. The molecule has 2 aromatic rings. The Labute approximate surface area is 112 Å². The minimum atomic E-state index is -0.282. The van der Waals surface area contributed by atoms with Crippen LogP contribution in [0.15, 0.2) is 34.9 Å². The van der Waals surface area contributed by atoms with Gasteiger partial charge in [0, 0.05) is 13.1 Å². The SMILES string of the molecule is CCNCc1coc(N(CC)c2ccccc2F)n1. The van der Waals surface area contributed by atoms with E-state index in [1.807, 2.05) is 13.8 Å². The van der Waals surface area contributed by atoms with E-state index in [4.69, 9.17) is 4.42 Å². The quantitative estimate of drug-likeness (QED) is 0.869. The van der Waals surface area contributed by atoms with Crippen molar-refractivity contribution < 1.29 is 8.81 Å². The molecule has 0 radical (unpaired) electrons. The molecule has 19 heavy (non-hydrogen) atoms. The standard InChI is InChI=1S/C14H18FN3O/c1-3-16-9-11-10-19-14(17-11)18(4-2)13-8-6-5-7-12(13)15/h5-8,10,16H,3-4,9H2,1-2H3. The highest BCUT2D eigenvalue weighted by Crippen LogP contribution is 2.26. The zero-order valence-electron chi connectivity index (χ0n) is 11.2. The molecule has 0 spiro atoms. The van der Waals surface area contributed by atoms with Crippen molar-refractivity contribution in [3.05, 3.63) is 42.0 Å². The molecule has 102 valence electrons. The fourth-order valence-corrected chi connectivity index (χ4v) is 1.83. The molecule has 0 atom stereocenters. The van der Waals surface area contributed by atoms with Gasteiger partial charge < -0.3 is 9.73 Å². The van der Waals surface area contributed by atoms with Gasteiger partial charge >= 0.3 is 6.01 Å². The van der Waals surface area contributed by atoms with Crippen molar-refractivity contribution in [1.29, 1.82) is 0 Å². The number of aromatic nitrogens is 1. The Morgan fingerprint density at radius 1 is 1.32 bits per heavy atom. The van der Waals surface area contributed by atoms with Gasteiger partial charge in [0.1, 0.15) is 12.1 Å². The van der Waals surface area contributed by atoms with E-state index in [-0.39, 0.29) is 5.82 Å². The molecule has 0 bridgehead atoms. The van der Waals surface area contributed by atoms with Gasteiger partial charge in [-0.2, -0.15) is 4.98 Å². The first kappa shape index (κ1) is 13.5. The number of oxazole rings is 1. The number of anilines is 2. The maximum atomic E-state index is 13.8. The molecular formula is C14H18FN3O. The summed E-state index contributed by atoms with van der Waals surface area (Å²) < 4.78 is 19.2. The Morgan fingerprint density at radius 2 is 2.11 bits per heavy atom. The molecule has 0 saturated carbocycles. The van der Waals surface area contributed by atoms with E-state index >= 15 is 0 Å². The zero-order valence-corrected chi connectivity index (χ0v) is 11.2. The maximum Gasteiger partial charge on any atom is 0.302 e. The average molecular weight is 263 g/mol. The number of hydrogen-bond acceptors (Lipinski definition) is 4. The number of benzene rings is 1. The number of nitrogens with zero attached hydrogens (tertiary/aromatic N) is 2. The van der Waals surface area contributed by atoms with Gasteiger partial charge in [-0.1, -0.05) is 19.1 Å². The van der Waals surface area contributed by atoms with E-state index in [0.29, 0.717) is 24.8 Å². The Kier molecular flexibility index (Phi) is 4.52. The second-order valence-corrected chi connectivity index (χ2v) is 4.10. The third kappa shape index (κ3) is 3.12. The van der Waals surface area contributed by atoms with Crippen LogP contribution in [0, 0.1) is 5.82 Å². The van der Waals surface area contributed by atoms with E-state index in [1.165, 1.54) is 6.07 Å². The van der Waals surface area contributed by atoms with Gasteiger partial charge in [-0.3, -0.25) is 4.90 Å². The third-order valence-corrected chi connectivity index (χ3v) is 2.79. The summed E-state index contributed by atoms with van der Waals surface area (Å²) in [4.78, 5) is 6.08. The van der Waals surface area contributed by atoms with Gasteiger partial charge in [0.25, 0.3) is 0 Å². The molecule has 1 aromatic carbocycles. The minimum Gasteiger partial charge on any atom is -0.431 e. The lowest BCUT2D eigenvalue weighted by atomic mass is 10.3. The largest absolute Gasteiger partial charge is 0.431 e. The summed E-state index contributed by atoms with van der Waals surface area (Å²) in [6.07, 6.45) is 1.60. The number of para-hydroxylation sites is 1. The van der Waals surface area contributed by atoms with Gasteiger partial charge in [-0.15, -0.1) is 0 Å². The Morgan fingerprint density at radius 3 is 2.79 bits per heavy atom. The normalized spacial score (nSPS) is 10.7. The highest BCUT2D eigenvalue weighted by molar-refractivity contribution is 5.56. The average Bonchev–Trinajstić information content (AvgIpc) is 2.88. The van der Waals surface area contributed by atoms with Crippen molar-refractivity contribution in [1.82, 2.24) is 10.3 Å². The summed E-state index contributed by atoms with van der Waals surface area (Å²) in [5.74, 6) is -0.282. The van der Waals surface area contributed by atoms with Crippen molar-refractivity contribution in [2.24, 2.45) is 0 Å². The van der Waals surface area contributed by atoms with Crippen LogP contribution in [0.3, 0.4) is 0 Å². The van der Waals surface area contributed by atoms with Crippen LogP contribution < -0.4 is 10.2 Å². The van der Waals surface area contributed by atoms with Crippen molar-refractivity contribution in [2.75, 3.05) is 18.0 Å². The summed E-state index contributed by atoms with van der Waals surface area (Å²) in [6, 6.07) is 7.02. The second kappa shape index (κ2) is 6.33. The van der Waals surface area contributed by atoms with Crippen molar-refractivity contribution in [2.45, 2.75) is 20.4 Å². The summed E-state index contributed by atoms with van der Waals surface area (Å²) in [7, 11) is 0. The summed E-state index contributed by atoms with van der Waals surface area (Å²) in [5, 5.41) is 3.17. The molecule has 1 heterocycles. The molecule has 0 unspecified atom stereocenters. The van der Waals surface area contributed by atoms with Crippen molar-refractivity contribution >= 4 is 11.7 Å². The molecular weight excluding hydrogens is 245 g/mol. The molecule has 0 aliphatic heterocycles. The first-order chi connectivity index (χ1) is 9.26. The van der Waals surface area contributed by atoms with Crippen LogP contribution in [0.4, 0.5) is 16.1 Å². The summed E-state index contributed by atoms with van der Waals surface area (Å²) in [5.41, 5.74) is 1.29. The van der Waals surface area contributed by atoms with Crippen LogP contribution in [-0.2, 0) is 6.54 Å². The van der Waals surface area contributed by atoms with Gasteiger partial charge in [0.15, 0.2) is 0 Å². The molecule has 0 aliphatic rings. The highest BCUT2D eigenvalue weighted by Gasteiger charge is 2.16. The molecule has 5 heteroatoms. The predicted molar refractivity (Wildman–Crippen MR) is 73.0 cm³/mol. The van der Waals surface area contributed by atoms with Gasteiger partial charge in [-0.25, -0.2) is 4.39 Å². The molecule has 0 aliphatic carbocycles. The van der Waals surface area contributed by atoms with Gasteiger partial charge in [0.2, 0.25) is 0 Å². The third-order valence-electron chi connectivity index (χ3n) is 2.79. The maximum absolute atomic E-state index is 13.8. The molecule has 1 N–H and O–H groups in total. The van der Waals surface area contributed by atoms with Crippen LogP contribution in [0.25, 0.3) is 0 Å². The smallest absolute Gasteiger partial charge is 0.302 e. The zero-order chi connectivity index (χ0) is 13.7. The first-order valence-corrected chi connectivity index (χ1v) is 6.43. The number of nitrogens with one attached hydrogen (secondary N) is 1. The lowest BCUT2D eigenvalue weighted by Crippen LogP contribution is -2.18. The molecule has 1 aromatic heterocycles. The molecule has 4 nitrogen and oxygen atoms in total. The lowest BCUT2D eigenvalue weighted by Gasteiger charge is -2.18. The van der Waals surface area contributed by atoms with Crippen LogP contribution in [0.1, 0.15) is 19.5 Å². The minimum absolute atomic E-state index is 0.282.